The van der Waals surface area contributed by atoms with Gasteiger partial charge in [0, 0.05) is 18.2 Å². The Balaban J connectivity index is 1.98. The van der Waals surface area contributed by atoms with Crippen molar-refractivity contribution >= 4 is 23.3 Å². The molecule has 1 amide bonds. The van der Waals surface area contributed by atoms with Crippen LogP contribution in [0.3, 0.4) is 0 Å². The van der Waals surface area contributed by atoms with Gasteiger partial charge in [-0.25, -0.2) is 4.79 Å². The summed E-state index contributed by atoms with van der Waals surface area (Å²) in [4.78, 5) is 35.3. The Morgan fingerprint density at radius 3 is 2.22 bits per heavy atom. The Labute approximate surface area is 157 Å². The van der Waals surface area contributed by atoms with Crippen molar-refractivity contribution in [1.82, 2.24) is 0 Å². The van der Waals surface area contributed by atoms with Crippen molar-refractivity contribution in [3.05, 3.63) is 53.6 Å². The molecular weight excluding hydrogens is 350 g/mol. The van der Waals surface area contributed by atoms with Crippen LogP contribution in [0.2, 0.25) is 0 Å². The molecule has 0 aliphatic rings. The van der Waals surface area contributed by atoms with Crippen molar-refractivity contribution in [2.45, 2.75) is 13.8 Å². The number of hydrogen-bond donors (Lipinski definition) is 1. The molecule has 0 atom stereocenters. The van der Waals surface area contributed by atoms with Gasteiger partial charge in [-0.05, 0) is 49.4 Å². The number of benzene rings is 2. The van der Waals surface area contributed by atoms with Crippen LogP contribution < -0.4 is 14.8 Å². The highest BCUT2D eigenvalue weighted by Crippen LogP contribution is 2.28. The smallest absolute Gasteiger partial charge is 0.338 e. The zero-order chi connectivity index (χ0) is 19.8. The molecule has 0 bridgehead atoms. The largest absolute Gasteiger partial charge is 0.493 e. The number of methoxy groups -OCH3 is 1. The van der Waals surface area contributed by atoms with Crippen molar-refractivity contribution in [1.29, 1.82) is 0 Å². The summed E-state index contributed by atoms with van der Waals surface area (Å²) in [7, 11) is 1.47. The van der Waals surface area contributed by atoms with Crippen LogP contribution in [0.1, 0.15) is 34.6 Å². The maximum atomic E-state index is 12.2. The molecule has 2 aromatic rings. The number of carbonyl (C=O) groups is 3. The number of Topliss-reactive ketones (excluding diaryl/α,β-unsaturated/α-hetero) is 1. The average Bonchev–Trinajstić information content (AvgIpc) is 2.66. The van der Waals surface area contributed by atoms with E-state index in [9.17, 15) is 14.4 Å². The van der Waals surface area contributed by atoms with Gasteiger partial charge >= 0.3 is 5.97 Å². The van der Waals surface area contributed by atoms with E-state index >= 15 is 0 Å². The van der Waals surface area contributed by atoms with E-state index in [1.54, 1.807) is 36.4 Å². The quantitative estimate of drug-likeness (QED) is 0.566. The first-order valence-electron chi connectivity index (χ1n) is 8.33. The summed E-state index contributed by atoms with van der Waals surface area (Å²) in [6, 6.07) is 11.0. The highest BCUT2D eigenvalue weighted by molar-refractivity contribution is 6.00. The monoisotopic (exact) mass is 371 g/mol. The predicted molar refractivity (Wildman–Crippen MR) is 99.5 cm³/mol. The van der Waals surface area contributed by atoms with Gasteiger partial charge in [-0.2, -0.15) is 0 Å². The fourth-order valence-electron chi connectivity index (χ4n) is 2.31. The zero-order valence-corrected chi connectivity index (χ0v) is 15.4. The van der Waals surface area contributed by atoms with Crippen molar-refractivity contribution in [3.63, 3.8) is 0 Å². The van der Waals surface area contributed by atoms with Gasteiger partial charge in [0.1, 0.15) is 0 Å². The lowest BCUT2D eigenvalue weighted by molar-refractivity contribution is -0.114. The Morgan fingerprint density at radius 2 is 1.63 bits per heavy atom. The van der Waals surface area contributed by atoms with Crippen molar-refractivity contribution < 1.29 is 28.6 Å². The van der Waals surface area contributed by atoms with Crippen LogP contribution in [0.4, 0.5) is 5.69 Å². The first kappa shape index (κ1) is 20.0. The van der Waals surface area contributed by atoms with Crippen LogP contribution >= 0.6 is 0 Å². The second-order valence-corrected chi connectivity index (χ2v) is 5.56. The first-order valence-corrected chi connectivity index (χ1v) is 8.33. The summed E-state index contributed by atoms with van der Waals surface area (Å²) in [5.74, 6) is -0.262. The third-order valence-corrected chi connectivity index (χ3v) is 3.56. The number of anilines is 1. The molecule has 0 aliphatic heterocycles. The highest BCUT2D eigenvalue weighted by atomic mass is 16.5. The second kappa shape index (κ2) is 9.38. The van der Waals surface area contributed by atoms with Gasteiger partial charge in [0.05, 0.1) is 19.3 Å². The summed E-state index contributed by atoms with van der Waals surface area (Å²) < 4.78 is 15.7. The average molecular weight is 371 g/mol. The lowest BCUT2D eigenvalue weighted by Gasteiger charge is -2.11. The van der Waals surface area contributed by atoms with E-state index in [2.05, 4.69) is 5.32 Å². The minimum absolute atomic E-state index is 0.200. The minimum Gasteiger partial charge on any atom is -0.493 e. The lowest BCUT2D eigenvalue weighted by Crippen LogP contribution is -2.14. The topological polar surface area (TPSA) is 90.9 Å². The van der Waals surface area contributed by atoms with Crippen molar-refractivity contribution in [2.24, 2.45) is 0 Å². The molecular formula is C20H21NO6. The minimum atomic E-state index is -0.639. The number of rotatable bonds is 8. The molecule has 1 N–H and O–H groups in total. The molecule has 0 heterocycles. The van der Waals surface area contributed by atoms with E-state index in [1.165, 1.54) is 20.1 Å². The molecule has 0 radical (unpaired) electrons. The molecule has 2 aromatic carbocycles. The summed E-state index contributed by atoms with van der Waals surface area (Å²) in [6.07, 6.45) is 0. The molecule has 7 heteroatoms. The molecule has 0 aliphatic carbocycles. The number of esters is 1. The Kier molecular flexibility index (Phi) is 6.93. The molecule has 0 aromatic heterocycles. The standard InChI is InChI=1S/C20H21NO6/c1-4-26-18-10-7-15(11-19(18)25-3)20(24)27-12-17(23)14-5-8-16(9-6-14)21-13(2)22/h5-11H,4,12H2,1-3H3,(H,21,22). The highest BCUT2D eigenvalue weighted by Gasteiger charge is 2.15. The number of amides is 1. The lowest BCUT2D eigenvalue weighted by atomic mass is 10.1. The maximum Gasteiger partial charge on any atom is 0.338 e. The number of carbonyl (C=O) groups excluding carboxylic acids is 3. The van der Waals surface area contributed by atoms with Crippen LogP contribution in [0.15, 0.2) is 42.5 Å². The summed E-state index contributed by atoms with van der Waals surface area (Å²) >= 11 is 0. The number of ketones is 1. The van der Waals surface area contributed by atoms with E-state index in [4.69, 9.17) is 14.2 Å². The van der Waals surface area contributed by atoms with Crippen LogP contribution in [0.25, 0.3) is 0 Å². The summed E-state index contributed by atoms with van der Waals surface area (Å²) in [6.45, 7) is 3.31. The van der Waals surface area contributed by atoms with Crippen LogP contribution in [0, 0.1) is 0 Å². The molecule has 0 saturated carbocycles. The Bertz CT molecular complexity index is 829. The zero-order valence-electron chi connectivity index (χ0n) is 15.4. The number of hydrogen-bond acceptors (Lipinski definition) is 6. The van der Waals surface area contributed by atoms with Crippen molar-refractivity contribution in [2.75, 3.05) is 25.6 Å². The Hall–Kier alpha value is -3.35. The maximum absolute atomic E-state index is 12.2. The van der Waals surface area contributed by atoms with E-state index in [1.807, 2.05) is 6.92 Å². The SMILES string of the molecule is CCOc1ccc(C(=O)OCC(=O)c2ccc(NC(C)=O)cc2)cc1OC. The molecule has 0 saturated heterocycles. The summed E-state index contributed by atoms with van der Waals surface area (Å²) in [5, 5.41) is 2.61. The third-order valence-electron chi connectivity index (χ3n) is 3.56. The fourth-order valence-corrected chi connectivity index (χ4v) is 2.31. The van der Waals surface area contributed by atoms with Crippen LogP contribution in [-0.2, 0) is 9.53 Å². The first-order chi connectivity index (χ1) is 12.9. The van der Waals surface area contributed by atoms with Crippen LogP contribution in [-0.4, -0.2) is 38.0 Å². The molecule has 27 heavy (non-hydrogen) atoms. The molecule has 2 rings (SSSR count). The summed E-state index contributed by atoms with van der Waals surface area (Å²) in [5.41, 5.74) is 1.21. The van der Waals surface area contributed by atoms with Gasteiger partial charge in [0.2, 0.25) is 5.91 Å². The van der Waals surface area contributed by atoms with Gasteiger partial charge in [-0.15, -0.1) is 0 Å². The second-order valence-electron chi connectivity index (χ2n) is 5.56. The van der Waals surface area contributed by atoms with E-state index in [0.29, 0.717) is 29.4 Å². The van der Waals surface area contributed by atoms with Gasteiger partial charge in [-0.1, -0.05) is 0 Å². The van der Waals surface area contributed by atoms with E-state index in [-0.39, 0.29) is 17.3 Å². The van der Waals surface area contributed by atoms with E-state index in [0.717, 1.165) is 0 Å². The molecule has 142 valence electrons. The molecule has 0 spiro atoms. The Morgan fingerprint density at radius 1 is 0.963 bits per heavy atom. The van der Waals surface area contributed by atoms with Gasteiger partial charge in [-0.3, -0.25) is 9.59 Å². The normalized spacial score (nSPS) is 10.0. The molecule has 7 nitrogen and oxygen atoms in total. The fraction of sp³-hybridized carbons (Fsp3) is 0.250. The third kappa shape index (κ3) is 5.57. The molecule has 0 fully saturated rings. The van der Waals surface area contributed by atoms with E-state index < -0.39 is 12.6 Å². The van der Waals surface area contributed by atoms with Crippen molar-refractivity contribution in [3.8, 4) is 11.5 Å². The number of ether oxygens (including phenoxy) is 3. The number of nitrogens with one attached hydrogen (secondary N) is 1. The molecule has 0 unspecified atom stereocenters. The van der Waals surface area contributed by atoms with Crippen LogP contribution in [0.5, 0.6) is 11.5 Å². The van der Waals surface area contributed by atoms with Gasteiger partial charge in [0.15, 0.2) is 23.9 Å². The van der Waals surface area contributed by atoms with Gasteiger partial charge < -0.3 is 19.5 Å². The predicted octanol–water partition coefficient (Wildman–Crippen LogP) is 3.09. The van der Waals surface area contributed by atoms with Gasteiger partial charge in [0.25, 0.3) is 0 Å².